The monoisotopic (exact) mass is 573 g/mol. The van der Waals surface area contributed by atoms with Crippen molar-refractivity contribution in [3.05, 3.63) is 59.9 Å². The molecule has 0 amide bonds. The fraction of sp³-hybridized carbons (Fsp3) is 0.467. The van der Waals surface area contributed by atoms with Crippen LogP contribution in [-0.2, 0) is 24.7 Å². The third-order valence-electron chi connectivity index (χ3n) is 7.54. The first-order valence-corrected chi connectivity index (χ1v) is 14.6. The molecule has 4 aromatic rings. The number of carbonyl (C=O) groups is 1. The van der Waals surface area contributed by atoms with Crippen molar-refractivity contribution >= 4 is 28.6 Å². The van der Waals surface area contributed by atoms with Gasteiger partial charge in [0.2, 0.25) is 0 Å². The maximum Gasteiger partial charge on any atom is 0.326 e. The smallest absolute Gasteiger partial charge is 0.326 e. The third kappa shape index (κ3) is 7.69. The molecular formula is C30H39N9O3. The van der Waals surface area contributed by atoms with Crippen LogP contribution in [0.4, 0.5) is 11.6 Å². The minimum absolute atomic E-state index is 0.394. The fourth-order valence-corrected chi connectivity index (χ4v) is 5.13. The van der Waals surface area contributed by atoms with Crippen molar-refractivity contribution in [3.63, 3.8) is 0 Å². The second kappa shape index (κ2) is 14.0. The van der Waals surface area contributed by atoms with Gasteiger partial charge in [-0.2, -0.15) is 5.10 Å². The van der Waals surface area contributed by atoms with Gasteiger partial charge in [-0.1, -0.05) is 6.07 Å². The van der Waals surface area contributed by atoms with Crippen LogP contribution in [0.25, 0.3) is 11.0 Å². The second-order valence-corrected chi connectivity index (χ2v) is 10.7. The molecule has 4 aromatic heterocycles. The summed E-state index contributed by atoms with van der Waals surface area (Å²) < 4.78 is 7.58. The normalized spacial score (nSPS) is 13.5. The molecule has 12 nitrogen and oxygen atoms in total. The molecule has 0 aliphatic carbocycles. The van der Waals surface area contributed by atoms with Gasteiger partial charge in [0.1, 0.15) is 36.4 Å². The first-order chi connectivity index (χ1) is 20.5. The minimum atomic E-state index is -0.931. The highest BCUT2D eigenvalue weighted by Crippen LogP contribution is 2.21. The summed E-state index contributed by atoms with van der Waals surface area (Å²) in [5, 5.41) is 21.4. The summed E-state index contributed by atoms with van der Waals surface area (Å²) in [5.74, 6) is 1.29. The second-order valence-electron chi connectivity index (χ2n) is 10.7. The molecule has 1 atom stereocenters. The van der Waals surface area contributed by atoms with E-state index in [0.29, 0.717) is 43.0 Å². The molecule has 0 unspecified atom stereocenters. The molecule has 1 aliphatic heterocycles. The number of aryl methyl sites for hydroxylation is 4. The van der Waals surface area contributed by atoms with Gasteiger partial charge in [-0.3, -0.25) is 14.6 Å². The van der Waals surface area contributed by atoms with Gasteiger partial charge in [0.05, 0.1) is 17.8 Å². The molecule has 5 heterocycles. The Morgan fingerprint density at radius 2 is 2.05 bits per heavy atom. The largest absolute Gasteiger partial charge is 0.491 e. The van der Waals surface area contributed by atoms with E-state index in [9.17, 15) is 9.90 Å². The Balaban J connectivity index is 1.17. The number of anilines is 2. The quantitative estimate of drug-likeness (QED) is 0.180. The van der Waals surface area contributed by atoms with Gasteiger partial charge >= 0.3 is 5.97 Å². The summed E-state index contributed by atoms with van der Waals surface area (Å²) in [6.07, 6.45) is 10.3. The van der Waals surface area contributed by atoms with E-state index >= 15 is 0 Å². The number of ether oxygens (including phenoxy) is 1. The Labute approximate surface area is 245 Å². The number of aliphatic carboxylic acids is 1. The molecule has 5 rings (SSSR count). The number of unbranched alkanes of at least 4 members (excludes halogenated alkanes) is 1. The van der Waals surface area contributed by atoms with Crippen LogP contribution in [0.2, 0.25) is 0 Å². The molecule has 0 radical (unpaired) electrons. The van der Waals surface area contributed by atoms with Crippen molar-refractivity contribution < 1.29 is 14.6 Å². The van der Waals surface area contributed by atoms with Crippen LogP contribution in [0, 0.1) is 6.92 Å². The average molecular weight is 574 g/mol. The van der Waals surface area contributed by atoms with E-state index < -0.39 is 12.0 Å². The van der Waals surface area contributed by atoms with Gasteiger partial charge in [0, 0.05) is 38.1 Å². The van der Waals surface area contributed by atoms with Crippen molar-refractivity contribution in [1.29, 1.82) is 0 Å². The number of rotatable bonds is 15. The van der Waals surface area contributed by atoms with Crippen molar-refractivity contribution in [2.75, 3.05) is 43.4 Å². The lowest BCUT2D eigenvalue weighted by Crippen LogP contribution is -2.37. The van der Waals surface area contributed by atoms with E-state index in [1.54, 1.807) is 24.1 Å². The van der Waals surface area contributed by atoms with Gasteiger partial charge in [-0.05, 0) is 75.8 Å². The van der Waals surface area contributed by atoms with Gasteiger partial charge < -0.3 is 20.5 Å². The molecule has 42 heavy (non-hydrogen) atoms. The number of pyridine rings is 2. The number of hydrogen-bond donors (Lipinski definition) is 3. The predicted octanol–water partition coefficient (Wildman–Crippen LogP) is 3.48. The molecule has 222 valence electrons. The Kier molecular flexibility index (Phi) is 9.75. The standard InChI is InChI=1S/C30H39N9O3/c1-21-8-11-24(18-32-21)42-17-16-39(14-4-3-7-23-10-9-22-6-5-13-31-27(22)36-23)15-12-26(30(40)41)37-28-25-19-35-38(2)29(25)34-20-33-28/h8-11,18-20,26H,3-7,12-17H2,1-2H3,(H,31,36)(H,40,41)(H,33,34,37)/t26-/m0/s1. The Hall–Kier alpha value is -4.32. The highest BCUT2D eigenvalue weighted by Gasteiger charge is 2.21. The molecule has 1 aliphatic rings. The molecule has 0 fully saturated rings. The van der Waals surface area contributed by atoms with Crippen molar-refractivity contribution in [3.8, 4) is 5.75 Å². The maximum absolute atomic E-state index is 12.2. The first kappa shape index (κ1) is 29.2. The maximum atomic E-state index is 12.2. The summed E-state index contributed by atoms with van der Waals surface area (Å²) in [6.45, 7) is 5.48. The molecule has 0 bridgehead atoms. The summed E-state index contributed by atoms with van der Waals surface area (Å²) in [4.78, 5) is 32.1. The van der Waals surface area contributed by atoms with Gasteiger partial charge in [-0.15, -0.1) is 0 Å². The lowest BCUT2D eigenvalue weighted by Gasteiger charge is -2.25. The van der Waals surface area contributed by atoms with Crippen LogP contribution >= 0.6 is 0 Å². The number of fused-ring (bicyclic) bond motifs is 2. The van der Waals surface area contributed by atoms with Gasteiger partial charge in [0.15, 0.2) is 5.65 Å². The van der Waals surface area contributed by atoms with E-state index in [1.165, 1.54) is 11.9 Å². The van der Waals surface area contributed by atoms with Crippen LogP contribution < -0.4 is 15.4 Å². The Morgan fingerprint density at radius 1 is 1.14 bits per heavy atom. The van der Waals surface area contributed by atoms with E-state index in [0.717, 1.165) is 68.1 Å². The molecule has 0 saturated carbocycles. The van der Waals surface area contributed by atoms with E-state index in [4.69, 9.17) is 9.72 Å². The predicted molar refractivity (Wildman–Crippen MR) is 161 cm³/mol. The van der Waals surface area contributed by atoms with Crippen LogP contribution in [0.1, 0.15) is 42.6 Å². The highest BCUT2D eigenvalue weighted by atomic mass is 16.5. The zero-order valence-electron chi connectivity index (χ0n) is 24.3. The molecule has 0 aromatic carbocycles. The zero-order chi connectivity index (χ0) is 29.3. The first-order valence-electron chi connectivity index (χ1n) is 14.6. The van der Waals surface area contributed by atoms with E-state index in [-0.39, 0.29) is 0 Å². The van der Waals surface area contributed by atoms with E-state index in [2.05, 4.69) is 47.7 Å². The zero-order valence-corrected chi connectivity index (χ0v) is 24.3. The lowest BCUT2D eigenvalue weighted by atomic mass is 10.1. The van der Waals surface area contributed by atoms with Crippen molar-refractivity contribution in [2.45, 2.75) is 51.5 Å². The highest BCUT2D eigenvalue weighted by molar-refractivity contribution is 5.88. The SMILES string of the molecule is Cc1ccc(OCCN(CCCCc2ccc3c(n2)NCCC3)CC[C@H](Nc2ncnc3c2cnn3C)C(=O)O)cn1. The molecule has 12 heteroatoms. The summed E-state index contributed by atoms with van der Waals surface area (Å²) >= 11 is 0. The third-order valence-corrected chi connectivity index (χ3v) is 7.54. The van der Waals surface area contributed by atoms with Gasteiger partial charge in [0.25, 0.3) is 0 Å². The van der Waals surface area contributed by atoms with E-state index in [1.807, 2.05) is 19.1 Å². The molecule has 0 spiro atoms. The number of carboxylic acids is 1. The summed E-state index contributed by atoms with van der Waals surface area (Å²) in [7, 11) is 1.79. The van der Waals surface area contributed by atoms with Crippen LogP contribution in [-0.4, -0.2) is 84.5 Å². The average Bonchev–Trinajstić information content (AvgIpc) is 3.39. The minimum Gasteiger partial charge on any atom is -0.491 e. The number of hydrogen-bond acceptors (Lipinski definition) is 10. The van der Waals surface area contributed by atoms with Crippen LogP contribution in [0.3, 0.4) is 0 Å². The van der Waals surface area contributed by atoms with Crippen LogP contribution in [0.5, 0.6) is 5.75 Å². The molecule has 0 saturated heterocycles. The van der Waals surface area contributed by atoms with Crippen molar-refractivity contribution in [1.82, 2.24) is 34.6 Å². The number of nitrogens with zero attached hydrogens (tertiary/aromatic N) is 7. The van der Waals surface area contributed by atoms with Gasteiger partial charge in [-0.25, -0.2) is 19.7 Å². The number of aromatic nitrogens is 6. The van der Waals surface area contributed by atoms with Crippen LogP contribution in [0.15, 0.2) is 43.0 Å². The molecule has 3 N–H and O–H groups in total. The topological polar surface area (TPSA) is 143 Å². The Morgan fingerprint density at radius 3 is 2.88 bits per heavy atom. The lowest BCUT2D eigenvalue weighted by molar-refractivity contribution is -0.138. The fourth-order valence-electron chi connectivity index (χ4n) is 5.13. The Bertz CT molecular complexity index is 1470. The van der Waals surface area contributed by atoms with Crippen molar-refractivity contribution in [2.24, 2.45) is 7.05 Å². The number of carboxylic acid groups (broad SMARTS) is 1. The summed E-state index contributed by atoms with van der Waals surface area (Å²) in [5.41, 5.74) is 3.98. The molecular weight excluding hydrogens is 534 g/mol. The number of nitrogens with one attached hydrogen (secondary N) is 2. The summed E-state index contributed by atoms with van der Waals surface area (Å²) in [6, 6.07) is 7.36.